The molecule has 1 aliphatic carbocycles. The van der Waals surface area contributed by atoms with Crippen molar-refractivity contribution in [1.29, 1.82) is 0 Å². The molecule has 1 aliphatic rings. The predicted octanol–water partition coefficient (Wildman–Crippen LogP) is 1.45. The van der Waals surface area contributed by atoms with Gasteiger partial charge in [-0.05, 0) is 45.1 Å². The molecule has 96 valence electrons. The molecule has 0 radical (unpaired) electrons. The second kappa shape index (κ2) is 5.48. The van der Waals surface area contributed by atoms with E-state index in [1.807, 2.05) is 0 Å². The van der Waals surface area contributed by atoms with Gasteiger partial charge in [0.1, 0.15) is 0 Å². The molecule has 0 aromatic rings. The summed E-state index contributed by atoms with van der Waals surface area (Å²) in [4.78, 5) is 2.30. The van der Waals surface area contributed by atoms with E-state index < -0.39 is 0 Å². The summed E-state index contributed by atoms with van der Waals surface area (Å²) in [5.74, 6) is 1.24. The quantitative estimate of drug-likeness (QED) is 0.693. The molecule has 3 heteroatoms. The average Bonchev–Trinajstić information content (AvgIpc) is 2.99. The number of likely N-dealkylation sites (N-methyl/N-ethyl adjacent to an activating group) is 1. The Morgan fingerprint density at radius 1 is 1.38 bits per heavy atom. The fraction of sp³-hybridized carbons (Fsp3) is 1.00. The van der Waals surface area contributed by atoms with Gasteiger partial charge in [-0.1, -0.05) is 13.8 Å². The molecule has 0 amide bonds. The van der Waals surface area contributed by atoms with Crippen LogP contribution < -0.4 is 5.73 Å². The van der Waals surface area contributed by atoms with Crippen molar-refractivity contribution in [2.45, 2.75) is 51.6 Å². The molecule has 0 bridgehead atoms. The molecule has 1 saturated carbocycles. The van der Waals surface area contributed by atoms with Gasteiger partial charge in [-0.3, -0.25) is 0 Å². The largest absolute Gasteiger partial charge is 0.394 e. The van der Waals surface area contributed by atoms with Gasteiger partial charge in [-0.2, -0.15) is 0 Å². The highest BCUT2D eigenvalue weighted by molar-refractivity contribution is 5.00. The minimum Gasteiger partial charge on any atom is -0.394 e. The SMILES string of the molecule is CC(C)CC(C)N(C)CC(N)(CO)C1CC1. The van der Waals surface area contributed by atoms with Crippen molar-refractivity contribution >= 4 is 0 Å². The van der Waals surface area contributed by atoms with E-state index in [1.54, 1.807) is 0 Å². The van der Waals surface area contributed by atoms with Crippen molar-refractivity contribution in [2.75, 3.05) is 20.2 Å². The lowest BCUT2D eigenvalue weighted by Crippen LogP contribution is -2.55. The van der Waals surface area contributed by atoms with E-state index in [2.05, 4.69) is 32.7 Å². The second-order valence-corrected chi connectivity index (χ2v) is 6.06. The van der Waals surface area contributed by atoms with Gasteiger partial charge in [0.2, 0.25) is 0 Å². The fourth-order valence-electron chi connectivity index (χ4n) is 2.45. The van der Waals surface area contributed by atoms with Crippen molar-refractivity contribution in [3.8, 4) is 0 Å². The third-order valence-corrected chi connectivity index (χ3v) is 3.79. The topological polar surface area (TPSA) is 49.5 Å². The molecule has 0 saturated heterocycles. The van der Waals surface area contributed by atoms with Gasteiger partial charge < -0.3 is 15.7 Å². The highest BCUT2D eigenvalue weighted by Gasteiger charge is 2.42. The van der Waals surface area contributed by atoms with E-state index in [4.69, 9.17) is 5.73 Å². The summed E-state index contributed by atoms with van der Waals surface area (Å²) < 4.78 is 0. The van der Waals surface area contributed by atoms with Crippen LogP contribution in [0.15, 0.2) is 0 Å². The summed E-state index contributed by atoms with van der Waals surface area (Å²) in [6.07, 6.45) is 3.55. The molecule has 0 spiro atoms. The maximum Gasteiger partial charge on any atom is 0.0626 e. The molecular weight excluding hydrogens is 200 g/mol. The molecule has 3 nitrogen and oxygen atoms in total. The van der Waals surface area contributed by atoms with Crippen LogP contribution in [0.1, 0.15) is 40.0 Å². The Morgan fingerprint density at radius 3 is 2.31 bits per heavy atom. The standard InChI is InChI=1S/C13H28N2O/c1-10(2)7-11(3)15(4)8-13(14,9-16)12-5-6-12/h10-12,16H,5-9,14H2,1-4H3. The van der Waals surface area contributed by atoms with Crippen LogP contribution in [0.2, 0.25) is 0 Å². The normalized spacial score (nSPS) is 22.5. The Labute approximate surface area is 100 Å². The van der Waals surface area contributed by atoms with E-state index in [0.29, 0.717) is 17.9 Å². The number of aliphatic hydroxyl groups excluding tert-OH is 1. The molecule has 1 fully saturated rings. The van der Waals surface area contributed by atoms with Crippen molar-refractivity contribution in [3.05, 3.63) is 0 Å². The molecule has 0 aliphatic heterocycles. The van der Waals surface area contributed by atoms with E-state index in [9.17, 15) is 5.11 Å². The molecule has 0 aromatic carbocycles. The van der Waals surface area contributed by atoms with E-state index in [1.165, 1.54) is 19.3 Å². The minimum absolute atomic E-state index is 0.108. The first-order valence-electron chi connectivity index (χ1n) is 6.49. The Balaban J connectivity index is 2.44. The molecule has 2 unspecified atom stereocenters. The third kappa shape index (κ3) is 3.72. The molecular formula is C13H28N2O. The predicted molar refractivity (Wildman–Crippen MR) is 68.3 cm³/mol. The Kier molecular flexibility index (Phi) is 4.77. The highest BCUT2D eigenvalue weighted by atomic mass is 16.3. The fourth-order valence-corrected chi connectivity index (χ4v) is 2.45. The van der Waals surface area contributed by atoms with Crippen LogP contribution in [-0.4, -0.2) is 41.8 Å². The minimum atomic E-state index is -0.375. The Hall–Kier alpha value is -0.120. The molecule has 0 heterocycles. The summed E-state index contributed by atoms with van der Waals surface area (Å²) in [7, 11) is 2.12. The number of nitrogens with two attached hydrogens (primary N) is 1. The van der Waals surface area contributed by atoms with E-state index in [0.717, 1.165) is 6.54 Å². The molecule has 0 aromatic heterocycles. The summed E-state index contributed by atoms with van der Waals surface area (Å²) in [5, 5.41) is 9.46. The van der Waals surface area contributed by atoms with Gasteiger partial charge in [-0.25, -0.2) is 0 Å². The summed E-state index contributed by atoms with van der Waals surface area (Å²) >= 11 is 0. The molecule has 1 rings (SSSR count). The second-order valence-electron chi connectivity index (χ2n) is 6.06. The first kappa shape index (κ1) is 13.9. The zero-order valence-corrected chi connectivity index (χ0v) is 11.2. The van der Waals surface area contributed by atoms with Gasteiger partial charge in [0.25, 0.3) is 0 Å². The van der Waals surface area contributed by atoms with Crippen molar-refractivity contribution < 1.29 is 5.11 Å². The highest BCUT2D eigenvalue weighted by Crippen LogP contribution is 2.38. The van der Waals surface area contributed by atoms with Gasteiger partial charge in [0.15, 0.2) is 0 Å². The van der Waals surface area contributed by atoms with Gasteiger partial charge in [-0.15, -0.1) is 0 Å². The maximum absolute atomic E-state index is 9.46. The lowest BCUT2D eigenvalue weighted by atomic mass is 9.93. The number of hydrogen-bond donors (Lipinski definition) is 2. The number of rotatable bonds is 7. The number of hydrogen-bond acceptors (Lipinski definition) is 3. The lowest BCUT2D eigenvalue weighted by Gasteiger charge is -2.36. The van der Waals surface area contributed by atoms with Crippen LogP contribution in [0.25, 0.3) is 0 Å². The van der Waals surface area contributed by atoms with Crippen molar-refractivity contribution in [3.63, 3.8) is 0 Å². The smallest absolute Gasteiger partial charge is 0.0626 e. The van der Waals surface area contributed by atoms with Crippen LogP contribution in [-0.2, 0) is 0 Å². The monoisotopic (exact) mass is 228 g/mol. The van der Waals surface area contributed by atoms with E-state index in [-0.39, 0.29) is 12.1 Å². The van der Waals surface area contributed by atoms with E-state index >= 15 is 0 Å². The van der Waals surface area contributed by atoms with Crippen molar-refractivity contribution in [1.82, 2.24) is 4.90 Å². The summed E-state index contributed by atoms with van der Waals surface area (Å²) in [6.45, 7) is 7.64. The lowest BCUT2D eigenvalue weighted by molar-refractivity contribution is 0.110. The Morgan fingerprint density at radius 2 is 1.94 bits per heavy atom. The van der Waals surface area contributed by atoms with Crippen LogP contribution in [0.3, 0.4) is 0 Å². The van der Waals surface area contributed by atoms with Gasteiger partial charge >= 0.3 is 0 Å². The van der Waals surface area contributed by atoms with Crippen LogP contribution in [0.4, 0.5) is 0 Å². The van der Waals surface area contributed by atoms with Gasteiger partial charge in [0, 0.05) is 12.6 Å². The molecule has 3 N–H and O–H groups in total. The number of aliphatic hydroxyl groups is 1. The first-order valence-corrected chi connectivity index (χ1v) is 6.49. The number of nitrogens with zero attached hydrogens (tertiary/aromatic N) is 1. The Bertz CT molecular complexity index is 216. The van der Waals surface area contributed by atoms with Crippen molar-refractivity contribution in [2.24, 2.45) is 17.6 Å². The summed E-state index contributed by atoms with van der Waals surface area (Å²) in [6, 6.07) is 0.535. The van der Waals surface area contributed by atoms with Crippen LogP contribution >= 0.6 is 0 Å². The summed E-state index contributed by atoms with van der Waals surface area (Å²) in [5.41, 5.74) is 5.91. The zero-order valence-electron chi connectivity index (χ0n) is 11.2. The van der Waals surface area contributed by atoms with Crippen LogP contribution in [0.5, 0.6) is 0 Å². The molecule has 16 heavy (non-hydrogen) atoms. The maximum atomic E-state index is 9.46. The first-order chi connectivity index (χ1) is 7.39. The third-order valence-electron chi connectivity index (χ3n) is 3.79. The van der Waals surface area contributed by atoms with Crippen LogP contribution in [0, 0.1) is 11.8 Å². The molecule has 2 atom stereocenters. The zero-order chi connectivity index (χ0) is 12.3. The van der Waals surface area contributed by atoms with Gasteiger partial charge in [0.05, 0.1) is 12.1 Å². The average molecular weight is 228 g/mol.